The lowest BCUT2D eigenvalue weighted by Crippen LogP contribution is -2.48. The van der Waals surface area contributed by atoms with E-state index in [4.69, 9.17) is 18.5 Å². The van der Waals surface area contributed by atoms with Crippen molar-refractivity contribution in [1.29, 1.82) is 0 Å². The SMILES string of the molecule is COC(=O)[C@@H]1C[C@@H](CCO)[C@H](P(=O)(OC)OC)N1C(=O)OC(C)(C)C. The van der Waals surface area contributed by atoms with Crippen LogP contribution in [-0.2, 0) is 27.9 Å². The Kier molecular flexibility index (Phi) is 7.43. The van der Waals surface area contributed by atoms with Gasteiger partial charge in [0, 0.05) is 20.8 Å². The van der Waals surface area contributed by atoms with Crippen molar-refractivity contribution in [2.24, 2.45) is 5.92 Å². The summed E-state index contributed by atoms with van der Waals surface area (Å²) in [7, 11) is -0.152. The van der Waals surface area contributed by atoms with Crippen molar-refractivity contribution in [2.75, 3.05) is 27.9 Å². The summed E-state index contributed by atoms with van der Waals surface area (Å²) in [5.74, 6) is -2.20. The summed E-state index contributed by atoms with van der Waals surface area (Å²) in [6.07, 6.45) is -0.440. The van der Waals surface area contributed by atoms with Crippen LogP contribution in [0.1, 0.15) is 33.6 Å². The molecule has 0 bridgehead atoms. The van der Waals surface area contributed by atoms with Crippen LogP contribution in [0.2, 0.25) is 0 Å². The molecule has 0 saturated carbocycles. The number of hydrogen-bond acceptors (Lipinski definition) is 8. The normalized spacial score (nSPS) is 24.3. The number of carbonyl (C=O) groups is 2. The molecule has 1 aliphatic heterocycles. The number of methoxy groups -OCH3 is 1. The summed E-state index contributed by atoms with van der Waals surface area (Å²) in [5.41, 5.74) is -0.818. The lowest BCUT2D eigenvalue weighted by Gasteiger charge is -2.34. The summed E-state index contributed by atoms with van der Waals surface area (Å²) in [4.78, 5) is 26.0. The molecule has 1 fully saturated rings. The van der Waals surface area contributed by atoms with E-state index in [1.54, 1.807) is 20.8 Å². The largest absolute Gasteiger partial charge is 0.467 e. The topological polar surface area (TPSA) is 112 Å². The van der Waals surface area contributed by atoms with E-state index < -0.39 is 43.0 Å². The molecule has 10 heteroatoms. The average molecular weight is 381 g/mol. The number of ether oxygens (including phenoxy) is 2. The van der Waals surface area contributed by atoms with E-state index in [1.807, 2.05) is 0 Å². The molecule has 0 aliphatic carbocycles. The van der Waals surface area contributed by atoms with Crippen LogP contribution in [-0.4, -0.2) is 67.4 Å². The van der Waals surface area contributed by atoms with Crippen LogP contribution < -0.4 is 0 Å². The van der Waals surface area contributed by atoms with E-state index in [0.717, 1.165) is 4.90 Å². The lowest BCUT2D eigenvalue weighted by molar-refractivity contribution is -0.145. The van der Waals surface area contributed by atoms with Crippen molar-refractivity contribution < 1.29 is 37.8 Å². The number of likely N-dealkylation sites (tertiary alicyclic amines) is 1. The third-order valence-corrected chi connectivity index (χ3v) is 6.32. The third kappa shape index (κ3) is 4.94. The molecule has 3 atom stereocenters. The van der Waals surface area contributed by atoms with Crippen molar-refractivity contribution in [3.05, 3.63) is 0 Å². The van der Waals surface area contributed by atoms with Crippen molar-refractivity contribution in [3.8, 4) is 0 Å². The zero-order chi connectivity index (χ0) is 19.4. The molecule has 0 unspecified atom stereocenters. The van der Waals surface area contributed by atoms with Gasteiger partial charge in [-0.2, -0.15) is 0 Å². The molecule has 1 N–H and O–H groups in total. The Balaban J connectivity index is 3.37. The van der Waals surface area contributed by atoms with Crippen LogP contribution in [0.3, 0.4) is 0 Å². The number of hydrogen-bond donors (Lipinski definition) is 1. The van der Waals surface area contributed by atoms with Gasteiger partial charge in [-0.05, 0) is 39.5 Å². The Bertz CT molecular complexity index is 524. The van der Waals surface area contributed by atoms with Crippen LogP contribution in [0, 0.1) is 5.92 Å². The van der Waals surface area contributed by atoms with E-state index in [0.29, 0.717) is 0 Å². The highest BCUT2D eigenvalue weighted by molar-refractivity contribution is 7.54. The number of carbonyl (C=O) groups excluding carboxylic acids is 2. The van der Waals surface area contributed by atoms with Crippen LogP contribution in [0.25, 0.3) is 0 Å². The fraction of sp³-hybridized carbons (Fsp3) is 0.867. The van der Waals surface area contributed by atoms with Gasteiger partial charge in [-0.3, -0.25) is 9.46 Å². The molecule has 9 nitrogen and oxygen atoms in total. The molecule has 25 heavy (non-hydrogen) atoms. The molecule has 0 aromatic heterocycles. The van der Waals surface area contributed by atoms with Crippen LogP contribution in [0.15, 0.2) is 0 Å². The first kappa shape index (κ1) is 21.9. The Morgan fingerprint density at radius 1 is 1.20 bits per heavy atom. The molecule has 1 heterocycles. The number of nitrogens with zero attached hydrogens (tertiary/aromatic N) is 1. The molecule has 0 aromatic carbocycles. The van der Waals surface area contributed by atoms with Gasteiger partial charge in [-0.15, -0.1) is 0 Å². The summed E-state index contributed by atoms with van der Waals surface area (Å²) in [6, 6.07) is -1.000. The molecule has 146 valence electrons. The smallest absolute Gasteiger partial charge is 0.411 e. The van der Waals surface area contributed by atoms with E-state index in [1.165, 1.54) is 21.3 Å². The quantitative estimate of drug-likeness (QED) is 0.549. The Labute approximate surface area is 148 Å². The van der Waals surface area contributed by atoms with Gasteiger partial charge in [-0.1, -0.05) is 0 Å². The predicted octanol–water partition coefficient (Wildman–Crippen LogP) is 1.98. The van der Waals surface area contributed by atoms with Gasteiger partial charge in [0.2, 0.25) is 0 Å². The fourth-order valence-electron chi connectivity index (χ4n) is 2.96. The molecule has 1 saturated heterocycles. The van der Waals surface area contributed by atoms with Crippen LogP contribution in [0.5, 0.6) is 0 Å². The number of aliphatic hydroxyl groups excluding tert-OH is 1. The summed E-state index contributed by atoms with van der Waals surface area (Å²) in [6.45, 7) is 4.84. The summed E-state index contributed by atoms with van der Waals surface area (Å²) >= 11 is 0. The van der Waals surface area contributed by atoms with Crippen molar-refractivity contribution >= 4 is 19.7 Å². The van der Waals surface area contributed by atoms with Crippen molar-refractivity contribution in [3.63, 3.8) is 0 Å². The number of esters is 1. The molecule has 0 radical (unpaired) electrons. The minimum absolute atomic E-state index is 0.161. The Morgan fingerprint density at radius 2 is 1.76 bits per heavy atom. The summed E-state index contributed by atoms with van der Waals surface area (Å²) in [5, 5.41) is 9.33. The van der Waals surface area contributed by atoms with Gasteiger partial charge >= 0.3 is 19.7 Å². The zero-order valence-corrected chi connectivity index (χ0v) is 16.4. The Morgan fingerprint density at radius 3 is 2.16 bits per heavy atom. The lowest BCUT2D eigenvalue weighted by atomic mass is 10.0. The van der Waals surface area contributed by atoms with Crippen molar-refractivity contribution in [1.82, 2.24) is 4.90 Å². The highest BCUT2D eigenvalue weighted by Gasteiger charge is 2.57. The maximum absolute atomic E-state index is 13.0. The summed E-state index contributed by atoms with van der Waals surface area (Å²) < 4.78 is 33.3. The standard InChI is InChI=1S/C15H28NO8P/c1-15(2,3)24-14(19)16-11(13(18)21-4)9-10(7-8-17)12(16)25(20,22-5)23-6/h10-12,17H,7-9H2,1-6H3/t10-,11+,12+/m1/s1. The maximum atomic E-state index is 13.0. The molecular weight excluding hydrogens is 353 g/mol. The highest BCUT2D eigenvalue weighted by atomic mass is 31.2. The molecule has 1 rings (SSSR count). The highest BCUT2D eigenvalue weighted by Crippen LogP contribution is 2.60. The maximum Gasteiger partial charge on any atom is 0.411 e. The van der Waals surface area contributed by atoms with Gasteiger partial charge < -0.3 is 23.6 Å². The number of aliphatic hydroxyl groups is 1. The number of rotatable bonds is 6. The van der Waals surface area contributed by atoms with Gasteiger partial charge in [0.25, 0.3) is 0 Å². The zero-order valence-electron chi connectivity index (χ0n) is 15.6. The van der Waals surface area contributed by atoms with E-state index >= 15 is 0 Å². The first-order valence-corrected chi connectivity index (χ1v) is 9.57. The van der Waals surface area contributed by atoms with Gasteiger partial charge in [-0.25, -0.2) is 9.59 Å². The predicted molar refractivity (Wildman–Crippen MR) is 89.1 cm³/mol. The van der Waals surface area contributed by atoms with Gasteiger partial charge in [0.05, 0.1) is 7.11 Å². The first-order chi connectivity index (χ1) is 11.5. The van der Waals surface area contributed by atoms with E-state index in [9.17, 15) is 19.3 Å². The van der Waals surface area contributed by atoms with Gasteiger partial charge in [0.1, 0.15) is 17.4 Å². The first-order valence-electron chi connectivity index (χ1n) is 7.95. The van der Waals surface area contributed by atoms with Crippen molar-refractivity contribution in [2.45, 2.75) is 51.0 Å². The molecule has 1 amide bonds. The second-order valence-electron chi connectivity index (χ2n) is 6.75. The van der Waals surface area contributed by atoms with E-state index in [-0.39, 0.29) is 19.4 Å². The molecule has 1 aliphatic rings. The minimum atomic E-state index is -3.77. The molecule has 0 aromatic rings. The second kappa shape index (κ2) is 8.49. The Hall–Kier alpha value is -1.15. The van der Waals surface area contributed by atoms with Crippen LogP contribution >= 0.6 is 7.60 Å². The van der Waals surface area contributed by atoms with Crippen LogP contribution in [0.4, 0.5) is 4.79 Å². The van der Waals surface area contributed by atoms with E-state index in [2.05, 4.69) is 0 Å². The monoisotopic (exact) mass is 381 g/mol. The number of amides is 1. The second-order valence-corrected chi connectivity index (χ2v) is 9.09. The molecule has 0 spiro atoms. The average Bonchev–Trinajstić information content (AvgIpc) is 2.92. The third-order valence-electron chi connectivity index (χ3n) is 3.98. The molecular formula is C15H28NO8P. The fourth-order valence-corrected chi connectivity index (χ4v) is 4.89. The van der Waals surface area contributed by atoms with Gasteiger partial charge in [0.15, 0.2) is 0 Å². The minimum Gasteiger partial charge on any atom is -0.467 e.